The number of nitrogens with one attached hydrogen (secondary N) is 3. The number of carbonyl (C=O) groups is 11. The molecule has 0 saturated carbocycles. The maximum atomic E-state index is 15.2. The second-order valence-electron chi connectivity index (χ2n) is 26.3. The van der Waals surface area contributed by atoms with Gasteiger partial charge in [0.25, 0.3) is 0 Å². The molecule has 0 spiro atoms. The smallest absolute Gasteiger partial charge is 0.246 e. The number of nitrogens with two attached hydrogens (primary N) is 1. The second-order valence-corrected chi connectivity index (χ2v) is 26.3. The summed E-state index contributed by atoms with van der Waals surface area (Å²) >= 11 is 0. The van der Waals surface area contributed by atoms with Gasteiger partial charge in [-0.25, -0.2) is 0 Å². The third-order valence-electron chi connectivity index (χ3n) is 16.9. The van der Waals surface area contributed by atoms with Crippen LogP contribution in [0.15, 0.2) is 42.5 Å². The predicted octanol–water partition coefficient (Wildman–Crippen LogP) is 4.09. The van der Waals surface area contributed by atoms with Crippen LogP contribution in [0.4, 0.5) is 0 Å². The third kappa shape index (κ3) is 23.4. The zero-order chi connectivity index (χ0) is 68.8. The van der Waals surface area contributed by atoms with Crippen molar-refractivity contribution in [3.8, 4) is 0 Å². The highest BCUT2D eigenvalue weighted by Crippen LogP contribution is 2.25. The van der Waals surface area contributed by atoms with Gasteiger partial charge in [-0.1, -0.05) is 132 Å². The van der Waals surface area contributed by atoms with Crippen LogP contribution in [0.1, 0.15) is 148 Å². The molecule has 0 saturated heterocycles. The molecule has 1 aromatic carbocycles. The average Bonchev–Trinajstić information content (AvgIpc) is 0.966. The third-order valence-corrected chi connectivity index (χ3v) is 16.9. The minimum atomic E-state index is -1.61. The lowest BCUT2D eigenvalue weighted by Gasteiger charge is -2.41. The first-order valence-corrected chi connectivity index (χ1v) is 31.6. The lowest BCUT2D eigenvalue weighted by atomic mass is 9.91. The fourth-order valence-electron chi connectivity index (χ4n) is 10.6. The minimum absolute atomic E-state index is 0.0384. The number of nitrogens with zero attached hydrogens (tertiary/aromatic N) is 7. The summed E-state index contributed by atoms with van der Waals surface area (Å²) in [5, 5.41) is 20.3. The van der Waals surface area contributed by atoms with Crippen LogP contribution in [0.3, 0.4) is 0 Å². The first kappa shape index (κ1) is 80.1. The number of benzene rings is 1. The molecule has 0 bridgehead atoms. The number of rotatable bonds is 36. The molecule has 0 aliphatic rings. The maximum Gasteiger partial charge on any atom is 0.246 e. The summed E-state index contributed by atoms with van der Waals surface area (Å²) in [7, 11) is 10.0. The van der Waals surface area contributed by atoms with E-state index >= 15 is 14.4 Å². The van der Waals surface area contributed by atoms with Gasteiger partial charge < -0.3 is 61.1 Å². The number of aliphatic hydroxyl groups excluding tert-OH is 1. The van der Waals surface area contributed by atoms with Crippen LogP contribution in [0, 0.1) is 41.4 Å². The number of hydrogen-bond acceptors (Lipinski definition) is 12. The molecule has 1 rings (SSSR count). The molecule has 0 heterocycles. The van der Waals surface area contributed by atoms with Gasteiger partial charge in [0.2, 0.25) is 65.0 Å². The highest BCUT2D eigenvalue weighted by molar-refractivity contribution is 5.99. The van der Waals surface area contributed by atoms with Crippen molar-refractivity contribution in [1.82, 2.24) is 50.2 Å². The summed E-state index contributed by atoms with van der Waals surface area (Å²) < 4.78 is 0. The summed E-state index contributed by atoms with van der Waals surface area (Å²) in [4.78, 5) is 164. The summed E-state index contributed by atoms with van der Waals surface area (Å²) in [5.41, 5.74) is 6.50. The van der Waals surface area contributed by atoms with Crippen molar-refractivity contribution in [1.29, 1.82) is 0 Å². The van der Waals surface area contributed by atoms with E-state index in [2.05, 4.69) is 16.0 Å². The highest BCUT2D eigenvalue weighted by atomic mass is 16.3. The van der Waals surface area contributed by atoms with Gasteiger partial charge in [-0.15, -0.1) is 0 Å². The summed E-state index contributed by atoms with van der Waals surface area (Å²) in [5.74, 6) is -8.68. The maximum absolute atomic E-state index is 15.2. The molecule has 0 fully saturated rings. The van der Waals surface area contributed by atoms with E-state index in [1.807, 2.05) is 61.5 Å². The number of hydrogen-bond donors (Lipinski definition) is 5. The quantitative estimate of drug-likeness (QED) is 0.0594. The Morgan fingerprint density at radius 3 is 1.46 bits per heavy atom. The van der Waals surface area contributed by atoms with E-state index in [1.54, 1.807) is 91.9 Å². The number of allylic oxidation sites excluding steroid dienone is 2. The van der Waals surface area contributed by atoms with Crippen LogP contribution in [-0.2, 0) is 59.2 Å². The van der Waals surface area contributed by atoms with Gasteiger partial charge in [0.05, 0.1) is 12.6 Å². The van der Waals surface area contributed by atoms with E-state index in [4.69, 9.17) is 5.73 Å². The molecule has 0 aromatic heterocycles. The van der Waals surface area contributed by atoms with Gasteiger partial charge in [-0.3, -0.25) is 52.7 Å². The lowest BCUT2D eigenvalue weighted by Crippen LogP contribution is -2.63. The van der Waals surface area contributed by atoms with E-state index in [9.17, 15) is 43.5 Å². The van der Waals surface area contributed by atoms with Crippen LogP contribution < -0.4 is 21.7 Å². The van der Waals surface area contributed by atoms with Crippen molar-refractivity contribution in [2.45, 2.75) is 210 Å². The van der Waals surface area contributed by atoms with Gasteiger partial charge >= 0.3 is 0 Å². The van der Waals surface area contributed by atoms with E-state index in [0.717, 1.165) is 15.4 Å². The van der Waals surface area contributed by atoms with Gasteiger partial charge in [0, 0.05) is 61.7 Å². The Balaban J connectivity index is 3.66. The molecule has 0 radical (unpaired) electrons. The van der Waals surface area contributed by atoms with Gasteiger partial charge in [-0.05, 0) is 93.9 Å². The SMILES string of the molecule is C/C=C/C[C@@H](C)[C@H](O)C(C(=O)N[C@H](CC)C(=O)N(C)CC(=O)N(C)[C@@H](Cc1ccccc1)C(N)=O)N(C)C(=O)[C@@H](C(C)C)N(C)C(=O)[C@@H](CC(C)C)N(C)C(=O)[C@@H](CC(C)C)N(C)C(=O)[C@H](C)NC(=O)[C@@H](CC(C)C)NC(=O)[C@H](C)N(C)C(=O)[C@H](C)C(C)C. The van der Waals surface area contributed by atoms with E-state index in [0.29, 0.717) is 6.42 Å². The van der Waals surface area contributed by atoms with Crippen LogP contribution >= 0.6 is 0 Å². The highest BCUT2D eigenvalue weighted by Gasteiger charge is 2.45. The van der Waals surface area contributed by atoms with Gasteiger partial charge in [0.15, 0.2) is 0 Å². The Kier molecular flexibility index (Phi) is 33.6. The van der Waals surface area contributed by atoms with Crippen molar-refractivity contribution in [2.24, 2.45) is 47.2 Å². The fraction of sp³-hybridized carbons (Fsp3) is 0.712. The molecule has 1 unspecified atom stereocenters. The molecule has 1 aromatic rings. The van der Waals surface area contributed by atoms with Crippen LogP contribution in [0.2, 0.25) is 0 Å². The molecule has 89 heavy (non-hydrogen) atoms. The minimum Gasteiger partial charge on any atom is -0.390 e. The zero-order valence-corrected chi connectivity index (χ0v) is 58.0. The van der Waals surface area contributed by atoms with Gasteiger partial charge in [0.1, 0.15) is 54.4 Å². The topological polar surface area (TPSA) is 293 Å². The number of amides is 11. The standard InChI is InChI=1S/C66H113N11O12/c1-24-26-30-43(13)56(79)55(60(83)69-48(25-2)63(86)71(17)37-53(78)73(19)50(57(67)80)36-47-31-28-27-29-32-47)77(23)66(89)54(42(11)12)76(22)65(88)52(35-40(7)8)75(21)64(87)51(34-39(5)6)74(20)62(85)45(15)68-59(82)49(33-38(3)4)70-58(81)46(16)72(18)61(84)44(14)41(9)10/h24,26-29,31-32,38-46,48-52,54-56,79H,25,30,33-37H2,1-23H3,(H2,67,80)(H,68,82)(H,69,83)(H,70,81)/b26-24+/t43-,44-,45+,46+,48-,49-,50+,51-,52-,54-,55?,56+/m1/s1. The molecular formula is C66H113N11O12. The molecule has 0 aliphatic carbocycles. The van der Waals surface area contributed by atoms with Crippen LogP contribution in [0.5, 0.6) is 0 Å². The van der Waals surface area contributed by atoms with E-state index in [-0.39, 0.29) is 67.6 Å². The van der Waals surface area contributed by atoms with Crippen molar-refractivity contribution in [2.75, 3.05) is 55.9 Å². The number of primary amides is 1. The first-order valence-electron chi connectivity index (χ1n) is 31.6. The van der Waals surface area contributed by atoms with Crippen LogP contribution in [-0.4, -0.2) is 221 Å². The lowest BCUT2D eigenvalue weighted by molar-refractivity contribution is -0.157. The monoisotopic (exact) mass is 1250 g/mol. The number of aliphatic hydroxyl groups is 1. The predicted molar refractivity (Wildman–Crippen MR) is 346 cm³/mol. The average molecular weight is 1250 g/mol. The molecule has 6 N–H and O–H groups in total. The fourth-order valence-corrected chi connectivity index (χ4v) is 10.6. The van der Waals surface area contributed by atoms with Crippen molar-refractivity contribution < 1.29 is 57.8 Å². The Morgan fingerprint density at radius 1 is 0.517 bits per heavy atom. The molecule has 504 valence electrons. The first-order chi connectivity index (χ1) is 41.2. The summed E-state index contributed by atoms with van der Waals surface area (Å²) in [6, 6.07) is -1.60. The molecular weight excluding hydrogens is 1140 g/mol. The normalized spacial score (nSPS) is 15.7. The Morgan fingerprint density at radius 2 is 1.00 bits per heavy atom. The van der Waals surface area contributed by atoms with Crippen LogP contribution in [0.25, 0.3) is 0 Å². The molecule has 23 nitrogen and oxygen atoms in total. The molecule has 0 aliphatic heterocycles. The van der Waals surface area contributed by atoms with Crippen molar-refractivity contribution in [3.63, 3.8) is 0 Å². The molecule has 11 amide bonds. The van der Waals surface area contributed by atoms with E-state index < -0.39 is 138 Å². The Hall–Kier alpha value is -6.91. The number of carbonyl (C=O) groups excluding carboxylic acids is 11. The van der Waals surface area contributed by atoms with Gasteiger partial charge in [-0.2, -0.15) is 0 Å². The van der Waals surface area contributed by atoms with E-state index in [1.165, 1.54) is 73.7 Å². The second kappa shape index (κ2) is 37.3. The summed E-state index contributed by atoms with van der Waals surface area (Å²) in [6.45, 7) is 28.1. The Bertz CT molecular complexity index is 2560. The molecule has 23 heteroatoms. The molecule has 12 atom stereocenters. The zero-order valence-electron chi connectivity index (χ0n) is 58.0. The van der Waals surface area contributed by atoms with Crippen molar-refractivity contribution >= 4 is 65.0 Å². The number of likely N-dealkylation sites (N-methyl/N-ethyl adjacent to an activating group) is 7. The summed E-state index contributed by atoms with van der Waals surface area (Å²) in [6.07, 6.45) is 3.09. The largest absolute Gasteiger partial charge is 0.390 e. The van der Waals surface area contributed by atoms with Crippen molar-refractivity contribution in [3.05, 3.63) is 48.0 Å². The Labute approximate surface area is 532 Å².